The van der Waals surface area contributed by atoms with Crippen molar-refractivity contribution in [2.75, 3.05) is 24.2 Å². The van der Waals surface area contributed by atoms with Crippen LogP contribution in [0.4, 0.5) is 11.4 Å². The summed E-state index contributed by atoms with van der Waals surface area (Å²) in [7, 11) is 1.61. The Hall–Kier alpha value is -3.15. The highest BCUT2D eigenvalue weighted by atomic mass is 16.2. The van der Waals surface area contributed by atoms with Crippen LogP contribution in [0.15, 0.2) is 48.5 Å². The van der Waals surface area contributed by atoms with Gasteiger partial charge in [0.05, 0.1) is 6.54 Å². The molecule has 152 valence electrons. The number of fused-ring (bicyclic) bond motifs is 1. The predicted molar refractivity (Wildman–Crippen MR) is 114 cm³/mol. The van der Waals surface area contributed by atoms with E-state index in [1.165, 1.54) is 4.90 Å². The van der Waals surface area contributed by atoms with Gasteiger partial charge in [0.15, 0.2) is 0 Å². The number of carbonyl (C=O) groups excluding carboxylic acids is 3. The molecule has 1 atom stereocenters. The zero-order valence-corrected chi connectivity index (χ0v) is 16.9. The number of hydrogen-bond donors (Lipinski definition) is 2. The third kappa shape index (κ3) is 5.22. The lowest BCUT2D eigenvalue weighted by atomic mass is 9.89. The Bertz CT molecular complexity index is 910. The lowest BCUT2D eigenvalue weighted by Gasteiger charge is -2.25. The van der Waals surface area contributed by atoms with Gasteiger partial charge in [-0.3, -0.25) is 14.4 Å². The summed E-state index contributed by atoms with van der Waals surface area (Å²) in [6.45, 7) is 2.01. The van der Waals surface area contributed by atoms with Crippen molar-refractivity contribution in [3.05, 3.63) is 59.7 Å². The van der Waals surface area contributed by atoms with E-state index in [-0.39, 0.29) is 36.6 Å². The first-order valence-electron chi connectivity index (χ1n) is 9.98. The molecular formula is C23H27N3O3. The molecule has 0 bridgehead atoms. The van der Waals surface area contributed by atoms with E-state index < -0.39 is 0 Å². The highest BCUT2D eigenvalue weighted by Crippen LogP contribution is 2.27. The van der Waals surface area contributed by atoms with Crippen LogP contribution in [0, 0.1) is 5.92 Å². The molecule has 0 aliphatic carbocycles. The van der Waals surface area contributed by atoms with Gasteiger partial charge in [-0.25, -0.2) is 0 Å². The number of para-hydroxylation sites is 2. The first kappa shape index (κ1) is 20.6. The monoisotopic (exact) mass is 393 g/mol. The molecule has 6 nitrogen and oxygen atoms in total. The highest BCUT2D eigenvalue weighted by Gasteiger charge is 2.26. The second-order valence-electron chi connectivity index (χ2n) is 7.39. The maximum absolute atomic E-state index is 12.5. The Labute approximate surface area is 171 Å². The van der Waals surface area contributed by atoms with Gasteiger partial charge in [0, 0.05) is 30.8 Å². The molecule has 2 aromatic rings. The van der Waals surface area contributed by atoms with Gasteiger partial charge in [-0.05, 0) is 42.5 Å². The fraction of sp³-hybridized carbons (Fsp3) is 0.348. The lowest BCUT2D eigenvalue weighted by molar-refractivity contribution is -0.133. The summed E-state index contributed by atoms with van der Waals surface area (Å²) in [6, 6.07) is 15.4. The van der Waals surface area contributed by atoms with E-state index in [9.17, 15) is 14.4 Å². The number of hydrogen-bond acceptors (Lipinski definition) is 3. The van der Waals surface area contributed by atoms with Crippen LogP contribution >= 0.6 is 0 Å². The van der Waals surface area contributed by atoms with Crippen LogP contribution in [0.1, 0.15) is 30.9 Å². The van der Waals surface area contributed by atoms with Crippen LogP contribution in [0.25, 0.3) is 0 Å². The normalized spacial score (nSPS) is 15.2. The minimum atomic E-state index is -0.230. The van der Waals surface area contributed by atoms with Crippen LogP contribution in [0.5, 0.6) is 0 Å². The van der Waals surface area contributed by atoms with Crippen LogP contribution in [0.2, 0.25) is 0 Å². The largest absolute Gasteiger partial charge is 0.336 e. The Balaban J connectivity index is 1.49. The van der Waals surface area contributed by atoms with Crippen molar-refractivity contribution in [3.63, 3.8) is 0 Å². The topological polar surface area (TPSA) is 78.5 Å². The molecule has 3 rings (SSSR count). The molecule has 1 heterocycles. The van der Waals surface area contributed by atoms with Gasteiger partial charge in [0.25, 0.3) is 0 Å². The zero-order chi connectivity index (χ0) is 20.8. The molecule has 0 radical (unpaired) electrons. The minimum absolute atomic E-state index is 0.0173. The highest BCUT2D eigenvalue weighted by molar-refractivity contribution is 5.96. The fourth-order valence-electron chi connectivity index (χ4n) is 3.58. The smallest absolute Gasteiger partial charge is 0.243 e. The van der Waals surface area contributed by atoms with Gasteiger partial charge in [-0.1, -0.05) is 43.3 Å². The van der Waals surface area contributed by atoms with E-state index >= 15 is 0 Å². The van der Waals surface area contributed by atoms with Gasteiger partial charge in [-0.15, -0.1) is 0 Å². The molecule has 0 fully saturated rings. The van der Waals surface area contributed by atoms with E-state index in [1.807, 2.05) is 55.5 Å². The number of carbonyl (C=O) groups is 3. The van der Waals surface area contributed by atoms with Crippen molar-refractivity contribution in [3.8, 4) is 0 Å². The first-order valence-corrected chi connectivity index (χ1v) is 9.98. The zero-order valence-electron chi connectivity index (χ0n) is 16.9. The van der Waals surface area contributed by atoms with Crippen molar-refractivity contribution < 1.29 is 14.4 Å². The van der Waals surface area contributed by atoms with Gasteiger partial charge in [0.1, 0.15) is 0 Å². The molecule has 1 unspecified atom stereocenters. The van der Waals surface area contributed by atoms with Gasteiger partial charge in [-0.2, -0.15) is 0 Å². The van der Waals surface area contributed by atoms with Gasteiger partial charge in [0.2, 0.25) is 17.7 Å². The maximum Gasteiger partial charge on any atom is 0.243 e. The number of likely N-dealkylation sites (N-methyl/N-ethyl adjacent to an activating group) is 1. The summed E-state index contributed by atoms with van der Waals surface area (Å²) >= 11 is 0. The molecule has 0 saturated carbocycles. The summed E-state index contributed by atoms with van der Waals surface area (Å²) in [5.41, 5.74) is 3.77. The maximum atomic E-state index is 12.5. The quantitative estimate of drug-likeness (QED) is 0.758. The Morgan fingerprint density at radius 2 is 1.86 bits per heavy atom. The van der Waals surface area contributed by atoms with Crippen molar-refractivity contribution in [1.29, 1.82) is 0 Å². The van der Waals surface area contributed by atoms with E-state index in [4.69, 9.17) is 0 Å². The second kappa shape index (κ2) is 9.37. The van der Waals surface area contributed by atoms with Crippen molar-refractivity contribution >= 4 is 29.1 Å². The van der Waals surface area contributed by atoms with Crippen molar-refractivity contribution in [2.45, 2.75) is 32.6 Å². The number of benzene rings is 2. The van der Waals surface area contributed by atoms with Gasteiger partial charge < -0.3 is 15.5 Å². The van der Waals surface area contributed by atoms with Crippen molar-refractivity contribution in [2.24, 2.45) is 5.92 Å². The number of nitrogens with one attached hydrogen (secondary N) is 2. The number of amides is 3. The molecule has 0 aromatic heterocycles. The average molecular weight is 393 g/mol. The molecule has 3 amide bonds. The molecule has 1 aliphatic heterocycles. The Morgan fingerprint density at radius 3 is 2.66 bits per heavy atom. The minimum Gasteiger partial charge on any atom is -0.336 e. The Kier molecular flexibility index (Phi) is 6.65. The number of nitrogens with zero attached hydrogens (tertiary/aromatic N) is 1. The third-order valence-electron chi connectivity index (χ3n) is 5.30. The summed E-state index contributed by atoms with van der Waals surface area (Å²) in [4.78, 5) is 38.5. The predicted octanol–water partition coefficient (Wildman–Crippen LogP) is 3.24. The second-order valence-corrected chi connectivity index (χ2v) is 7.39. The molecule has 2 N–H and O–H groups in total. The Morgan fingerprint density at radius 1 is 1.14 bits per heavy atom. The fourth-order valence-corrected chi connectivity index (χ4v) is 3.58. The summed E-state index contributed by atoms with van der Waals surface area (Å²) in [5.74, 6) is -0.651. The standard InChI is InChI=1S/C23H27N3O3/c1-3-16-8-4-6-10-19(16)24-21(27)15-26(2)22(28)13-12-18-14-17-9-5-7-11-20(17)25-23(18)29/h4-11,18H,3,12-15H2,1-2H3,(H,24,27)(H,25,29). The molecule has 6 heteroatoms. The molecule has 29 heavy (non-hydrogen) atoms. The van der Waals surface area contributed by atoms with E-state index in [2.05, 4.69) is 10.6 Å². The number of anilines is 2. The van der Waals surface area contributed by atoms with Crippen molar-refractivity contribution in [1.82, 2.24) is 4.90 Å². The van der Waals surface area contributed by atoms with Crippen LogP contribution in [-0.2, 0) is 27.2 Å². The lowest BCUT2D eigenvalue weighted by Crippen LogP contribution is -2.36. The number of aryl methyl sites for hydroxylation is 1. The number of rotatable bonds is 7. The van der Waals surface area contributed by atoms with Crippen LogP contribution in [0.3, 0.4) is 0 Å². The first-order chi connectivity index (χ1) is 14.0. The molecule has 0 spiro atoms. The third-order valence-corrected chi connectivity index (χ3v) is 5.30. The SMILES string of the molecule is CCc1ccccc1NC(=O)CN(C)C(=O)CCC1Cc2ccccc2NC1=O. The summed E-state index contributed by atoms with van der Waals surface area (Å²) in [5, 5.41) is 5.78. The van der Waals surface area contributed by atoms with E-state index in [0.29, 0.717) is 12.8 Å². The van der Waals surface area contributed by atoms with Crippen LogP contribution in [-0.4, -0.2) is 36.2 Å². The molecule has 0 saturated heterocycles. The van der Waals surface area contributed by atoms with E-state index in [0.717, 1.165) is 28.9 Å². The summed E-state index contributed by atoms with van der Waals surface area (Å²) < 4.78 is 0. The van der Waals surface area contributed by atoms with Gasteiger partial charge >= 0.3 is 0 Å². The van der Waals surface area contributed by atoms with Crippen LogP contribution < -0.4 is 10.6 Å². The summed E-state index contributed by atoms with van der Waals surface area (Å²) in [6.07, 6.45) is 2.14. The van der Waals surface area contributed by atoms with E-state index in [1.54, 1.807) is 7.05 Å². The molecular weight excluding hydrogens is 366 g/mol. The molecule has 2 aromatic carbocycles. The molecule has 1 aliphatic rings. The average Bonchev–Trinajstić information content (AvgIpc) is 2.72.